The van der Waals surface area contributed by atoms with Gasteiger partial charge in [-0.3, -0.25) is 0 Å². The van der Waals surface area contributed by atoms with Crippen molar-refractivity contribution >= 4 is 7.12 Å². The Bertz CT molecular complexity index is 504. The number of hydrogen-bond acceptors (Lipinski definition) is 2. The van der Waals surface area contributed by atoms with Crippen LogP contribution in [0.3, 0.4) is 0 Å². The fourth-order valence-corrected chi connectivity index (χ4v) is 2.73. The van der Waals surface area contributed by atoms with Gasteiger partial charge in [0, 0.05) is 5.82 Å². The first-order valence-electron chi connectivity index (χ1n) is 8.79. The molecule has 0 aliphatic carbocycles. The van der Waals surface area contributed by atoms with E-state index in [1.807, 2.05) is 0 Å². The lowest BCUT2D eigenvalue weighted by Gasteiger charge is -2.32. The van der Waals surface area contributed by atoms with Crippen molar-refractivity contribution in [2.24, 2.45) is 5.92 Å². The van der Waals surface area contributed by atoms with Crippen molar-refractivity contribution in [2.45, 2.75) is 71.4 Å². The number of benzene rings is 1. The first kappa shape index (κ1) is 18.3. The van der Waals surface area contributed by atoms with Crippen LogP contribution in [-0.4, -0.2) is 18.3 Å². The van der Waals surface area contributed by atoms with Crippen molar-refractivity contribution in [3.05, 3.63) is 48.0 Å². The molecule has 1 heterocycles. The lowest BCUT2D eigenvalue weighted by Crippen LogP contribution is -2.41. The van der Waals surface area contributed by atoms with Gasteiger partial charge in [-0.1, -0.05) is 56.3 Å². The van der Waals surface area contributed by atoms with E-state index in [1.165, 1.54) is 5.56 Å². The number of aryl methyl sites for hydroxylation is 1. The summed E-state index contributed by atoms with van der Waals surface area (Å²) in [6, 6.07) is 10.6. The zero-order valence-electron chi connectivity index (χ0n) is 15.5. The predicted octanol–water partition coefficient (Wildman–Crippen LogP) is 5.29. The topological polar surface area (TPSA) is 18.5 Å². The maximum Gasteiger partial charge on any atom is 0.465 e. The molecule has 1 saturated heterocycles. The molecule has 3 heteroatoms. The van der Waals surface area contributed by atoms with Crippen LogP contribution in [0.2, 0.25) is 5.82 Å². The van der Waals surface area contributed by atoms with Crippen LogP contribution in [0.4, 0.5) is 0 Å². The summed E-state index contributed by atoms with van der Waals surface area (Å²) in [5.41, 5.74) is 0.829. The Kier molecular flexibility index (Phi) is 5.75. The maximum atomic E-state index is 6.27. The fourth-order valence-electron chi connectivity index (χ4n) is 2.73. The van der Waals surface area contributed by atoms with Gasteiger partial charge < -0.3 is 9.31 Å². The third-order valence-electron chi connectivity index (χ3n) is 4.97. The van der Waals surface area contributed by atoms with E-state index in [2.05, 4.69) is 84.0 Å². The highest BCUT2D eigenvalue weighted by atomic mass is 16.7. The smallest absolute Gasteiger partial charge is 0.403 e. The van der Waals surface area contributed by atoms with Crippen LogP contribution in [0.15, 0.2) is 42.5 Å². The minimum atomic E-state index is -0.270. The van der Waals surface area contributed by atoms with E-state index in [9.17, 15) is 0 Å². The first-order valence-corrected chi connectivity index (χ1v) is 8.79. The predicted molar refractivity (Wildman–Crippen MR) is 98.6 cm³/mol. The lowest BCUT2D eigenvalue weighted by molar-refractivity contribution is 0.00578. The quantitative estimate of drug-likeness (QED) is 0.524. The van der Waals surface area contributed by atoms with E-state index in [-0.39, 0.29) is 24.1 Å². The van der Waals surface area contributed by atoms with Crippen molar-refractivity contribution in [1.29, 1.82) is 0 Å². The summed E-state index contributed by atoms with van der Waals surface area (Å²) in [6.45, 7) is 12.9. The molecule has 1 fully saturated rings. The van der Waals surface area contributed by atoms with E-state index < -0.39 is 0 Å². The number of allylic oxidation sites excluding steroid dienone is 2. The molecular formula is C20H31BO2. The van der Waals surface area contributed by atoms with Gasteiger partial charge in [-0.2, -0.15) is 0 Å². The Labute approximate surface area is 142 Å². The molecule has 0 unspecified atom stereocenters. The van der Waals surface area contributed by atoms with Crippen LogP contribution in [0.25, 0.3) is 0 Å². The first-order chi connectivity index (χ1) is 10.7. The summed E-state index contributed by atoms with van der Waals surface area (Å²) < 4.78 is 12.5. The molecule has 0 aromatic heterocycles. The molecule has 0 bridgehead atoms. The van der Waals surface area contributed by atoms with Crippen LogP contribution in [-0.2, 0) is 15.7 Å². The average Bonchev–Trinajstić information content (AvgIpc) is 2.68. The van der Waals surface area contributed by atoms with Gasteiger partial charge in [0.2, 0.25) is 0 Å². The Morgan fingerprint density at radius 3 is 2.04 bits per heavy atom. The summed E-state index contributed by atoms with van der Waals surface area (Å²) in [5, 5.41) is 0. The second-order valence-corrected chi connectivity index (χ2v) is 7.94. The minimum Gasteiger partial charge on any atom is -0.403 e. The van der Waals surface area contributed by atoms with E-state index in [0.717, 1.165) is 12.8 Å². The lowest BCUT2D eigenvalue weighted by atomic mass is 9.68. The summed E-state index contributed by atoms with van der Waals surface area (Å²) in [5.74, 6) is 0.815. The second kappa shape index (κ2) is 7.23. The van der Waals surface area contributed by atoms with Gasteiger partial charge in [-0.25, -0.2) is 0 Å². The van der Waals surface area contributed by atoms with Gasteiger partial charge in [0.25, 0.3) is 0 Å². The van der Waals surface area contributed by atoms with Gasteiger partial charge in [0.1, 0.15) is 0 Å². The van der Waals surface area contributed by atoms with E-state index in [4.69, 9.17) is 9.31 Å². The molecule has 0 radical (unpaired) electrons. The number of rotatable bonds is 6. The molecule has 1 aliphatic heterocycles. The Morgan fingerprint density at radius 1 is 0.957 bits per heavy atom. The third-order valence-corrected chi connectivity index (χ3v) is 4.97. The SMILES string of the molecule is CC(C)/C=C/[C@@H](CCc1ccccc1)B1OC(C)(C)C(C)(C)O1. The van der Waals surface area contributed by atoms with E-state index >= 15 is 0 Å². The molecule has 0 amide bonds. The number of hydrogen-bond donors (Lipinski definition) is 0. The zero-order valence-corrected chi connectivity index (χ0v) is 15.5. The van der Waals surface area contributed by atoms with Gasteiger partial charge in [0.15, 0.2) is 0 Å². The molecule has 1 aromatic rings. The van der Waals surface area contributed by atoms with E-state index in [0.29, 0.717) is 5.92 Å². The highest BCUT2D eigenvalue weighted by Crippen LogP contribution is 2.41. The monoisotopic (exact) mass is 314 g/mol. The molecule has 0 saturated carbocycles. The Balaban J connectivity index is 2.09. The second-order valence-electron chi connectivity index (χ2n) is 7.94. The van der Waals surface area contributed by atoms with Gasteiger partial charge in [-0.15, -0.1) is 0 Å². The van der Waals surface area contributed by atoms with Crippen molar-refractivity contribution in [1.82, 2.24) is 0 Å². The third kappa shape index (κ3) is 4.71. The molecule has 0 spiro atoms. The van der Waals surface area contributed by atoms with Crippen molar-refractivity contribution in [2.75, 3.05) is 0 Å². The molecule has 23 heavy (non-hydrogen) atoms. The molecular weight excluding hydrogens is 283 g/mol. The zero-order chi connectivity index (χ0) is 17.1. The standard InChI is InChI=1S/C20H31BO2/c1-16(2)12-14-18(15-13-17-10-8-7-9-11-17)21-22-19(3,4)20(5,6)23-21/h7-12,14,16,18H,13,15H2,1-6H3/b14-12+/t18-/m0/s1. The highest BCUT2D eigenvalue weighted by molar-refractivity contribution is 6.48. The molecule has 2 nitrogen and oxygen atoms in total. The van der Waals surface area contributed by atoms with Crippen LogP contribution in [0.5, 0.6) is 0 Å². The molecule has 126 valence electrons. The summed E-state index contributed by atoms with van der Waals surface area (Å²) >= 11 is 0. The van der Waals surface area contributed by atoms with Crippen molar-refractivity contribution in [3.63, 3.8) is 0 Å². The summed E-state index contributed by atoms with van der Waals surface area (Å²) in [7, 11) is -0.168. The molecule has 0 N–H and O–H groups in total. The van der Waals surface area contributed by atoms with Crippen LogP contribution < -0.4 is 0 Å². The van der Waals surface area contributed by atoms with Crippen LogP contribution >= 0.6 is 0 Å². The van der Waals surface area contributed by atoms with E-state index in [1.54, 1.807) is 0 Å². The van der Waals surface area contributed by atoms with Gasteiger partial charge >= 0.3 is 7.12 Å². The largest absolute Gasteiger partial charge is 0.465 e. The van der Waals surface area contributed by atoms with Gasteiger partial charge in [0.05, 0.1) is 11.2 Å². The summed E-state index contributed by atoms with van der Waals surface area (Å²) in [4.78, 5) is 0. The average molecular weight is 314 g/mol. The minimum absolute atomic E-state index is 0.168. The van der Waals surface area contributed by atoms with Gasteiger partial charge in [-0.05, 0) is 52.0 Å². The van der Waals surface area contributed by atoms with Crippen molar-refractivity contribution < 1.29 is 9.31 Å². The maximum absolute atomic E-state index is 6.27. The van der Waals surface area contributed by atoms with Crippen LogP contribution in [0.1, 0.15) is 53.5 Å². The van der Waals surface area contributed by atoms with Crippen LogP contribution in [0, 0.1) is 5.92 Å². The molecule has 1 aliphatic rings. The van der Waals surface area contributed by atoms with Crippen molar-refractivity contribution in [3.8, 4) is 0 Å². The Morgan fingerprint density at radius 2 is 1.52 bits per heavy atom. The normalized spacial score (nSPS) is 21.3. The fraction of sp³-hybridized carbons (Fsp3) is 0.600. The molecule has 2 rings (SSSR count). The molecule has 1 atom stereocenters. The summed E-state index contributed by atoms with van der Waals surface area (Å²) in [6.07, 6.45) is 6.62. The molecule has 1 aromatic carbocycles. The Hall–Kier alpha value is -1.06. The highest BCUT2D eigenvalue weighted by Gasteiger charge is 2.53.